The molecule has 0 aliphatic heterocycles. The van der Waals surface area contributed by atoms with Crippen molar-refractivity contribution in [2.45, 2.75) is 51.4 Å². The van der Waals surface area contributed by atoms with Gasteiger partial charge in [-0.05, 0) is 66.4 Å². The first-order valence-corrected chi connectivity index (χ1v) is 8.53. The predicted octanol–water partition coefficient (Wildman–Crippen LogP) is 1.79. The van der Waals surface area contributed by atoms with Gasteiger partial charge in [-0.2, -0.15) is 0 Å². The summed E-state index contributed by atoms with van der Waals surface area (Å²) in [6.07, 6.45) is 6.08. The average Bonchev–Trinajstić information content (AvgIpc) is 2.82. The largest absolute Gasteiger partial charge is 0.488 e. The minimum Gasteiger partial charge on any atom is -0.423 e. The van der Waals surface area contributed by atoms with E-state index in [1.54, 1.807) is 0 Å². The molecule has 3 aliphatic carbocycles. The van der Waals surface area contributed by atoms with Gasteiger partial charge in [0.1, 0.15) is 5.78 Å². The number of aryl methyl sites for hydroxylation is 1. The van der Waals surface area contributed by atoms with Gasteiger partial charge in [-0.15, -0.1) is 0 Å². The van der Waals surface area contributed by atoms with Crippen molar-refractivity contribution in [1.29, 1.82) is 0 Å². The van der Waals surface area contributed by atoms with Crippen molar-refractivity contribution < 1.29 is 14.8 Å². The van der Waals surface area contributed by atoms with Gasteiger partial charge in [-0.1, -0.05) is 25.1 Å². The molecule has 3 aliphatic rings. The van der Waals surface area contributed by atoms with E-state index >= 15 is 0 Å². The van der Waals surface area contributed by atoms with Crippen molar-refractivity contribution in [2.75, 3.05) is 0 Å². The van der Waals surface area contributed by atoms with Crippen molar-refractivity contribution in [3.05, 3.63) is 29.3 Å². The number of rotatable bonds is 1. The number of carbonyl (C=O) groups is 1. The molecule has 22 heavy (non-hydrogen) atoms. The first-order valence-electron chi connectivity index (χ1n) is 8.53. The summed E-state index contributed by atoms with van der Waals surface area (Å²) in [5, 5.41) is 18.7. The number of Topliss-reactive ketones (excluding diaryl/α,β-unsaturated/α-hetero) is 1. The summed E-state index contributed by atoms with van der Waals surface area (Å²) >= 11 is 0. The molecule has 2 saturated carbocycles. The summed E-state index contributed by atoms with van der Waals surface area (Å²) in [5.41, 5.74) is 3.19. The fourth-order valence-electron chi connectivity index (χ4n) is 5.53. The minimum absolute atomic E-state index is 0.0695. The van der Waals surface area contributed by atoms with Crippen molar-refractivity contribution in [1.82, 2.24) is 0 Å². The van der Waals surface area contributed by atoms with E-state index in [1.807, 2.05) is 12.1 Å². The van der Waals surface area contributed by atoms with Crippen LogP contribution in [0.1, 0.15) is 56.1 Å². The van der Waals surface area contributed by atoms with Crippen molar-refractivity contribution >= 4 is 18.4 Å². The molecule has 4 atom stereocenters. The normalized spacial score (nSPS) is 36.5. The molecule has 0 radical (unpaired) electrons. The summed E-state index contributed by atoms with van der Waals surface area (Å²) in [4.78, 5) is 12.3. The van der Waals surface area contributed by atoms with Crippen LogP contribution in [0.15, 0.2) is 18.2 Å². The summed E-state index contributed by atoms with van der Waals surface area (Å²) in [6.45, 7) is 2.20. The van der Waals surface area contributed by atoms with Crippen molar-refractivity contribution in [3.63, 3.8) is 0 Å². The maximum atomic E-state index is 12.3. The van der Waals surface area contributed by atoms with Gasteiger partial charge in [0, 0.05) is 11.8 Å². The molecular weight excluding hydrogens is 275 g/mol. The molecular formula is C18H23BO3. The Morgan fingerprint density at radius 3 is 2.77 bits per heavy atom. The lowest BCUT2D eigenvalue weighted by molar-refractivity contribution is -0.129. The van der Waals surface area contributed by atoms with Gasteiger partial charge in [0.25, 0.3) is 0 Å². The number of hydrogen-bond acceptors (Lipinski definition) is 3. The van der Waals surface area contributed by atoms with Crippen LogP contribution in [0.4, 0.5) is 0 Å². The van der Waals surface area contributed by atoms with Gasteiger partial charge in [-0.3, -0.25) is 4.79 Å². The molecule has 0 spiro atoms. The third-order valence-corrected chi connectivity index (χ3v) is 6.76. The zero-order chi connectivity index (χ0) is 15.5. The van der Waals surface area contributed by atoms with Crippen LogP contribution in [0.5, 0.6) is 0 Å². The fourth-order valence-corrected chi connectivity index (χ4v) is 5.53. The molecule has 2 fully saturated rings. The van der Waals surface area contributed by atoms with E-state index in [-0.39, 0.29) is 5.41 Å². The van der Waals surface area contributed by atoms with Crippen LogP contribution in [0.2, 0.25) is 0 Å². The van der Waals surface area contributed by atoms with Crippen molar-refractivity contribution in [3.8, 4) is 0 Å². The van der Waals surface area contributed by atoms with Gasteiger partial charge >= 0.3 is 7.12 Å². The lowest BCUT2D eigenvalue weighted by atomic mass is 9.55. The second-order valence-electron chi connectivity index (χ2n) is 7.67. The Morgan fingerprint density at radius 2 is 2.00 bits per heavy atom. The lowest BCUT2D eigenvalue weighted by Crippen LogP contribution is -2.42. The molecule has 1 aromatic rings. The van der Waals surface area contributed by atoms with Crippen LogP contribution in [0, 0.1) is 17.3 Å². The van der Waals surface area contributed by atoms with Crippen LogP contribution < -0.4 is 5.46 Å². The highest BCUT2D eigenvalue weighted by Gasteiger charge is 2.54. The van der Waals surface area contributed by atoms with Gasteiger partial charge in [-0.25, -0.2) is 0 Å². The van der Waals surface area contributed by atoms with Crippen LogP contribution in [0.25, 0.3) is 0 Å². The molecule has 0 amide bonds. The van der Waals surface area contributed by atoms with E-state index < -0.39 is 7.12 Å². The van der Waals surface area contributed by atoms with Crippen LogP contribution >= 0.6 is 0 Å². The number of fused-ring (bicyclic) bond motifs is 5. The number of benzene rings is 1. The Hall–Kier alpha value is -1.13. The average molecular weight is 298 g/mol. The SMILES string of the molecule is C[C@]12CC[C@@H]3c4ccc(B(O)O)cc4CC[C@@H]3[C@@H]1CCC2=O. The lowest BCUT2D eigenvalue weighted by Gasteiger charge is -2.48. The van der Waals surface area contributed by atoms with Crippen LogP contribution in [0.3, 0.4) is 0 Å². The Bertz CT molecular complexity index is 627. The summed E-state index contributed by atoms with van der Waals surface area (Å²) < 4.78 is 0. The van der Waals surface area contributed by atoms with Gasteiger partial charge < -0.3 is 10.0 Å². The monoisotopic (exact) mass is 298 g/mol. The van der Waals surface area contributed by atoms with Crippen molar-refractivity contribution in [2.24, 2.45) is 17.3 Å². The zero-order valence-electron chi connectivity index (χ0n) is 13.1. The zero-order valence-corrected chi connectivity index (χ0v) is 13.1. The number of hydrogen-bond donors (Lipinski definition) is 2. The molecule has 116 valence electrons. The summed E-state index contributed by atoms with van der Waals surface area (Å²) in [5.74, 6) is 2.22. The van der Waals surface area contributed by atoms with Gasteiger partial charge in [0.2, 0.25) is 0 Å². The van der Waals surface area contributed by atoms with E-state index in [1.165, 1.54) is 11.1 Å². The van der Waals surface area contributed by atoms with E-state index in [0.29, 0.717) is 29.0 Å². The van der Waals surface area contributed by atoms with E-state index in [9.17, 15) is 14.8 Å². The third kappa shape index (κ3) is 1.93. The number of ketones is 1. The highest BCUT2D eigenvalue weighted by molar-refractivity contribution is 6.58. The van der Waals surface area contributed by atoms with Crippen LogP contribution in [-0.2, 0) is 11.2 Å². The first-order chi connectivity index (χ1) is 10.5. The molecule has 1 aromatic carbocycles. The molecule has 2 N–H and O–H groups in total. The standard InChI is InChI=1S/C18H23BO3/c1-18-9-8-14-13-5-3-12(19(21)22)10-11(13)2-4-15(14)16(18)6-7-17(18)20/h3,5,10,14-16,21-22H,2,4,6-9H2,1H3/t14-,15+,16+,18+/m1/s1. The smallest absolute Gasteiger partial charge is 0.423 e. The minimum atomic E-state index is -1.38. The number of carbonyl (C=O) groups excluding carboxylic acids is 1. The Morgan fingerprint density at radius 1 is 1.18 bits per heavy atom. The highest BCUT2D eigenvalue weighted by Crippen LogP contribution is 2.59. The summed E-state index contributed by atoms with van der Waals surface area (Å²) in [6, 6.07) is 5.91. The Balaban J connectivity index is 1.69. The molecule has 0 heterocycles. The molecule has 0 unspecified atom stereocenters. The fraction of sp³-hybridized carbons (Fsp3) is 0.611. The Kier molecular flexibility index (Phi) is 3.25. The highest BCUT2D eigenvalue weighted by atomic mass is 16.4. The predicted molar refractivity (Wildman–Crippen MR) is 85.9 cm³/mol. The first kappa shape index (κ1) is 14.5. The molecule has 3 nitrogen and oxygen atoms in total. The quantitative estimate of drug-likeness (QED) is 0.777. The molecule has 4 rings (SSSR count). The van der Waals surface area contributed by atoms with Gasteiger partial charge in [0.15, 0.2) is 0 Å². The van der Waals surface area contributed by atoms with E-state index in [0.717, 1.165) is 38.5 Å². The Labute approximate surface area is 131 Å². The van der Waals surface area contributed by atoms with E-state index in [2.05, 4.69) is 13.0 Å². The second-order valence-corrected chi connectivity index (χ2v) is 7.67. The molecule has 0 saturated heterocycles. The van der Waals surface area contributed by atoms with Crippen LogP contribution in [-0.4, -0.2) is 22.9 Å². The third-order valence-electron chi connectivity index (χ3n) is 6.76. The van der Waals surface area contributed by atoms with E-state index in [4.69, 9.17) is 0 Å². The maximum absolute atomic E-state index is 12.3. The topological polar surface area (TPSA) is 57.5 Å². The second kappa shape index (κ2) is 4.94. The summed E-state index contributed by atoms with van der Waals surface area (Å²) in [7, 11) is -1.38. The molecule has 4 heteroatoms. The molecule has 0 bridgehead atoms. The van der Waals surface area contributed by atoms with Gasteiger partial charge in [0.05, 0.1) is 0 Å². The molecule has 0 aromatic heterocycles. The maximum Gasteiger partial charge on any atom is 0.488 e.